The predicted molar refractivity (Wildman–Crippen MR) is 29.5 cm³/mol. The molecule has 0 rings (SSSR count). The van der Waals surface area contributed by atoms with Crippen LogP contribution in [0, 0.1) is 11.3 Å². The Kier molecular flexibility index (Phi) is 2.43. The van der Waals surface area contributed by atoms with Crippen LogP contribution in [0.2, 0.25) is 6.04 Å². The predicted octanol–water partition coefficient (Wildman–Crippen LogP) is -0.150. The van der Waals surface area contributed by atoms with Crippen molar-refractivity contribution in [1.82, 2.24) is 0 Å². The highest BCUT2D eigenvalue weighted by Crippen LogP contribution is 1.87. The molecule has 0 aromatic heterocycles. The van der Waals surface area contributed by atoms with E-state index < -0.39 is 0 Å². The summed E-state index contributed by atoms with van der Waals surface area (Å²) in [5.41, 5.74) is 0.710. The molecule has 2 heteroatoms. The van der Waals surface area contributed by atoms with Crippen molar-refractivity contribution < 1.29 is 0 Å². The lowest BCUT2D eigenvalue weighted by atomic mass is 10.4. The van der Waals surface area contributed by atoms with Gasteiger partial charge in [0.05, 0.1) is 6.07 Å². The first-order valence-electron chi connectivity index (χ1n) is 1.89. The minimum Gasteiger partial charge on any atom is -0.193 e. The maximum atomic E-state index is 8.01. The largest absolute Gasteiger partial charge is 0.193 e. The monoisotopic (exact) mass is 97.0 g/mol. The Morgan fingerprint density at radius 1 is 2.00 bits per heavy atom. The molecule has 0 atom stereocenters. The van der Waals surface area contributed by atoms with Crippen LogP contribution in [-0.4, -0.2) is 10.2 Å². The van der Waals surface area contributed by atoms with Crippen LogP contribution in [0.1, 0.15) is 0 Å². The topological polar surface area (TPSA) is 23.8 Å². The summed E-state index contributed by atoms with van der Waals surface area (Å²) >= 11 is 0. The van der Waals surface area contributed by atoms with Crippen LogP contribution < -0.4 is 0 Å². The molecule has 6 heavy (non-hydrogen) atoms. The third kappa shape index (κ3) is 1.74. The van der Waals surface area contributed by atoms with E-state index in [-0.39, 0.29) is 0 Å². The van der Waals surface area contributed by atoms with Gasteiger partial charge in [-0.3, -0.25) is 0 Å². The molecule has 1 nitrogen and oxygen atoms in total. The fourth-order valence-electron chi connectivity index (χ4n) is 0.0791. The molecular formula is C4H7NSi. The van der Waals surface area contributed by atoms with Crippen molar-refractivity contribution in [3.05, 3.63) is 12.2 Å². The average molecular weight is 97.2 g/mol. The molecule has 0 aliphatic carbocycles. The van der Waals surface area contributed by atoms with Crippen LogP contribution in [-0.2, 0) is 0 Å². The molecule has 0 aliphatic heterocycles. The Morgan fingerprint density at radius 3 is 2.50 bits per heavy atom. The van der Waals surface area contributed by atoms with Gasteiger partial charge in [0.25, 0.3) is 0 Å². The Bertz CT molecular complexity index is 90.2. The normalized spacial score (nSPS) is 7.17. The van der Waals surface area contributed by atoms with Gasteiger partial charge in [-0.25, -0.2) is 0 Å². The molecule has 0 heterocycles. The van der Waals surface area contributed by atoms with Crippen LogP contribution in [0.15, 0.2) is 12.2 Å². The van der Waals surface area contributed by atoms with Crippen molar-refractivity contribution in [2.75, 3.05) is 0 Å². The van der Waals surface area contributed by atoms with Crippen LogP contribution >= 0.6 is 0 Å². The molecule has 0 saturated heterocycles. The number of nitrogens with zero attached hydrogens (tertiary/aromatic N) is 1. The van der Waals surface area contributed by atoms with E-state index in [0.29, 0.717) is 5.57 Å². The van der Waals surface area contributed by atoms with E-state index in [9.17, 15) is 0 Å². The summed E-state index contributed by atoms with van der Waals surface area (Å²) < 4.78 is 0. The van der Waals surface area contributed by atoms with Crippen molar-refractivity contribution >= 4 is 10.2 Å². The molecule has 0 aliphatic rings. The fourth-order valence-corrected chi connectivity index (χ4v) is 0.237. The van der Waals surface area contributed by atoms with E-state index in [0.717, 1.165) is 16.3 Å². The molecule has 0 aromatic carbocycles. The maximum Gasteiger partial charge on any atom is 0.0937 e. The van der Waals surface area contributed by atoms with Crippen LogP contribution in [0.3, 0.4) is 0 Å². The average Bonchev–Trinajstić information content (AvgIpc) is 1.65. The van der Waals surface area contributed by atoms with Crippen molar-refractivity contribution in [1.29, 1.82) is 5.26 Å². The molecule has 0 saturated carbocycles. The molecule has 32 valence electrons. The maximum absolute atomic E-state index is 8.01. The molecule has 0 amide bonds. The summed E-state index contributed by atoms with van der Waals surface area (Å²) in [6, 6.07) is 2.87. The summed E-state index contributed by atoms with van der Waals surface area (Å²) in [7, 11) is 1.06. The van der Waals surface area contributed by atoms with Gasteiger partial charge in [0.2, 0.25) is 0 Å². The van der Waals surface area contributed by atoms with Crippen LogP contribution in [0.25, 0.3) is 0 Å². The molecular weight excluding hydrogens is 90.1 g/mol. The van der Waals surface area contributed by atoms with E-state index in [4.69, 9.17) is 5.26 Å². The fraction of sp³-hybridized carbons (Fsp3) is 0.250. The zero-order chi connectivity index (χ0) is 4.99. The highest BCUT2D eigenvalue weighted by Gasteiger charge is 1.77. The lowest BCUT2D eigenvalue weighted by molar-refractivity contribution is 1.45. The van der Waals surface area contributed by atoms with Gasteiger partial charge in [-0.05, 0) is 6.04 Å². The third-order valence-corrected chi connectivity index (χ3v) is 1.44. The summed E-state index contributed by atoms with van der Waals surface area (Å²) in [5, 5.41) is 8.01. The molecule has 0 radical (unpaired) electrons. The lowest BCUT2D eigenvalue weighted by Gasteiger charge is -1.75. The lowest BCUT2D eigenvalue weighted by Crippen LogP contribution is -1.68. The van der Waals surface area contributed by atoms with E-state index in [1.54, 1.807) is 0 Å². The quantitative estimate of drug-likeness (QED) is 0.330. The molecule has 0 aromatic rings. The van der Waals surface area contributed by atoms with E-state index in [2.05, 4.69) is 6.58 Å². The smallest absolute Gasteiger partial charge is 0.0937 e. The van der Waals surface area contributed by atoms with Gasteiger partial charge in [-0.15, -0.1) is 0 Å². The van der Waals surface area contributed by atoms with E-state index >= 15 is 0 Å². The number of hydrogen-bond acceptors (Lipinski definition) is 1. The van der Waals surface area contributed by atoms with Crippen molar-refractivity contribution in [3.63, 3.8) is 0 Å². The number of hydrogen-bond donors (Lipinski definition) is 0. The minimum atomic E-state index is 0.710. The first kappa shape index (κ1) is 5.45. The molecule has 0 spiro atoms. The second kappa shape index (κ2) is 2.67. The highest BCUT2D eigenvalue weighted by molar-refractivity contribution is 6.10. The van der Waals surface area contributed by atoms with Crippen molar-refractivity contribution in [3.8, 4) is 6.07 Å². The Hall–Kier alpha value is -0.553. The van der Waals surface area contributed by atoms with Gasteiger partial charge >= 0.3 is 0 Å². The molecule has 0 N–H and O–H groups in total. The summed E-state index contributed by atoms with van der Waals surface area (Å²) in [6.07, 6.45) is 0. The van der Waals surface area contributed by atoms with Crippen molar-refractivity contribution in [2.45, 2.75) is 6.04 Å². The number of rotatable bonds is 1. The number of allylic oxidation sites excluding steroid dienone is 1. The van der Waals surface area contributed by atoms with Gasteiger partial charge in [0, 0.05) is 15.8 Å². The first-order chi connectivity index (χ1) is 2.81. The third-order valence-electron chi connectivity index (χ3n) is 0.585. The second-order valence-electron chi connectivity index (χ2n) is 1.07. The van der Waals surface area contributed by atoms with Gasteiger partial charge in [0.1, 0.15) is 0 Å². The zero-order valence-corrected chi connectivity index (χ0v) is 5.86. The second-order valence-corrected chi connectivity index (χ2v) is 1.78. The van der Waals surface area contributed by atoms with Gasteiger partial charge in [0.15, 0.2) is 0 Å². The minimum absolute atomic E-state index is 0.710. The molecule has 0 unspecified atom stereocenters. The Labute approximate surface area is 40.7 Å². The van der Waals surface area contributed by atoms with Gasteiger partial charge in [-0.1, -0.05) is 6.58 Å². The summed E-state index contributed by atoms with van der Waals surface area (Å²) in [4.78, 5) is 0. The Balaban J connectivity index is 3.33. The van der Waals surface area contributed by atoms with Gasteiger partial charge in [-0.2, -0.15) is 5.26 Å². The highest BCUT2D eigenvalue weighted by atomic mass is 28.1. The Morgan fingerprint density at radius 2 is 2.50 bits per heavy atom. The van der Waals surface area contributed by atoms with Gasteiger partial charge < -0.3 is 0 Å². The zero-order valence-electron chi connectivity index (χ0n) is 3.86. The SMILES string of the molecule is C=C(C#N)C[SiH3]. The van der Waals surface area contributed by atoms with E-state index in [1.165, 1.54) is 0 Å². The molecule has 0 fully saturated rings. The van der Waals surface area contributed by atoms with Crippen LogP contribution in [0.4, 0.5) is 0 Å². The van der Waals surface area contributed by atoms with E-state index in [1.807, 2.05) is 6.07 Å². The summed E-state index contributed by atoms with van der Waals surface area (Å²) in [6.45, 7) is 3.47. The first-order valence-corrected chi connectivity index (χ1v) is 3.30. The number of nitriles is 1. The van der Waals surface area contributed by atoms with Crippen molar-refractivity contribution in [2.24, 2.45) is 0 Å². The standard InChI is InChI=1S/C4H7NSi/c1-4(2-5)3-6/h1,3H2,6H3. The summed E-state index contributed by atoms with van der Waals surface area (Å²) in [5.74, 6) is 0. The van der Waals surface area contributed by atoms with Crippen LogP contribution in [0.5, 0.6) is 0 Å². The molecule has 0 bridgehead atoms.